The van der Waals surface area contributed by atoms with Gasteiger partial charge >= 0.3 is 0 Å². The van der Waals surface area contributed by atoms with Crippen LogP contribution in [0.3, 0.4) is 0 Å². The number of hydrogen-bond acceptors (Lipinski definition) is 5. The number of hydrazine groups is 1. The van der Waals surface area contributed by atoms with Crippen molar-refractivity contribution >= 4 is 17.4 Å². The normalized spacial score (nSPS) is 15.2. The Hall–Kier alpha value is -0.560. The summed E-state index contributed by atoms with van der Waals surface area (Å²) in [5, 5.41) is 14.3. The summed E-state index contributed by atoms with van der Waals surface area (Å²) in [6.45, 7) is 5.49. The highest BCUT2D eigenvalue weighted by atomic mass is 35.5. The summed E-state index contributed by atoms with van der Waals surface area (Å²) in [7, 11) is 1.63. The molecule has 90 valence electrons. The second kappa shape index (κ2) is 6.12. The van der Waals surface area contributed by atoms with Crippen LogP contribution in [-0.2, 0) is 4.74 Å². The summed E-state index contributed by atoms with van der Waals surface area (Å²) >= 11 is 5.56. The molecule has 6 nitrogen and oxygen atoms in total. The molecule has 0 radical (unpaired) electrons. The van der Waals surface area contributed by atoms with E-state index >= 15 is 0 Å². The number of hydrogen-bond donors (Lipinski definition) is 3. The molecule has 1 unspecified atom stereocenters. The van der Waals surface area contributed by atoms with Crippen LogP contribution in [0.15, 0.2) is 5.10 Å². The number of halogens is 1. The molecule has 7 heteroatoms. The molecule has 0 bridgehead atoms. The van der Waals surface area contributed by atoms with Gasteiger partial charge in [-0.1, -0.05) is 0 Å². The third-order valence-electron chi connectivity index (χ3n) is 1.42. The minimum Gasteiger partial charge on any atom is -0.355 e. The number of alkyl halides is 1. The smallest absolute Gasteiger partial charge is 0.231 e. The van der Waals surface area contributed by atoms with Crippen LogP contribution in [0, 0.1) is 0 Å². The van der Waals surface area contributed by atoms with Gasteiger partial charge in [-0.2, -0.15) is 10.5 Å². The Labute approximate surface area is 95.0 Å². The van der Waals surface area contributed by atoms with Gasteiger partial charge in [0.05, 0.1) is 11.5 Å². The second-order valence-corrected chi connectivity index (χ2v) is 4.22. The van der Waals surface area contributed by atoms with Gasteiger partial charge in [-0.25, -0.2) is 0 Å². The molecule has 15 heavy (non-hydrogen) atoms. The Kier molecular flexibility index (Phi) is 5.89. The van der Waals surface area contributed by atoms with Gasteiger partial charge in [0.2, 0.25) is 6.41 Å². The Morgan fingerprint density at radius 1 is 1.67 bits per heavy atom. The predicted molar refractivity (Wildman–Crippen MR) is 60.1 cm³/mol. The Bertz CT molecular complexity index is 217. The van der Waals surface area contributed by atoms with Crippen molar-refractivity contribution < 1.29 is 9.84 Å². The van der Waals surface area contributed by atoms with Crippen molar-refractivity contribution in [3.63, 3.8) is 0 Å². The summed E-state index contributed by atoms with van der Waals surface area (Å²) in [5.74, 6) is 5.62. The van der Waals surface area contributed by atoms with Crippen molar-refractivity contribution in [1.29, 1.82) is 0 Å². The van der Waals surface area contributed by atoms with Gasteiger partial charge in [0.25, 0.3) is 0 Å². The lowest BCUT2D eigenvalue weighted by Gasteiger charge is -2.28. The van der Waals surface area contributed by atoms with Crippen molar-refractivity contribution in [3.8, 4) is 0 Å². The van der Waals surface area contributed by atoms with Crippen molar-refractivity contribution in [2.24, 2.45) is 10.9 Å². The van der Waals surface area contributed by atoms with E-state index in [1.54, 1.807) is 7.05 Å². The lowest BCUT2D eigenvalue weighted by molar-refractivity contribution is -0.197. The zero-order chi connectivity index (χ0) is 12.1. The molecule has 0 aliphatic rings. The van der Waals surface area contributed by atoms with Crippen molar-refractivity contribution in [3.05, 3.63) is 0 Å². The van der Waals surface area contributed by atoms with Gasteiger partial charge in [0.1, 0.15) is 0 Å². The Morgan fingerprint density at radius 2 is 2.20 bits per heavy atom. The van der Waals surface area contributed by atoms with Crippen molar-refractivity contribution in [2.45, 2.75) is 32.8 Å². The fraction of sp³-hybridized carbons (Fsp3) is 0.875. The molecule has 0 aliphatic heterocycles. The van der Waals surface area contributed by atoms with E-state index in [0.29, 0.717) is 5.84 Å². The minimum absolute atomic E-state index is 0.141. The maximum absolute atomic E-state index is 9.48. The molecule has 0 amide bonds. The van der Waals surface area contributed by atoms with Gasteiger partial charge in [0, 0.05) is 7.05 Å². The molecule has 0 heterocycles. The zero-order valence-electron chi connectivity index (χ0n) is 9.49. The van der Waals surface area contributed by atoms with Crippen LogP contribution < -0.4 is 11.3 Å². The third kappa shape index (κ3) is 6.51. The number of nitrogens with zero attached hydrogens (tertiary/aromatic N) is 2. The largest absolute Gasteiger partial charge is 0.355 e. The number of amidine groups is 1. The number of hydrazone groups is 1. The number of aliphatic hydroxyl groups is 1. The maximum atomic E-state index is 9.48. The molecule has 0 rings (SSSR count). The second-order valence-electron chi connectivity index (χ2n) is 3.95. The number of nitrogens with two attached hydrogens (primary N) is 1. The van der Waals surface area contributed by atoms with E-state index in [-0.39, 0.29) is 5.88 Å². The predicted octanol–water partition coefficient (Wildman–Crippen LogP) is 0.0248. The fourth-order valence-electron chi connectivity index (χ4n) is 0.812. The van der Waals surface area contributed by atoms with Gasteiger partial charge in [-0.3, -0.25) is 5.01 Å². The summed E-state index contributed by atoms with van der Waals surface area (Å²) in [6, 6.07) is 0. The van der Waals surface area contributed by atoms with E-state index in [0.717, 1.165) is 0 Å². The van der Waals surface area contributed by atoms with Gasteiger partial charge in [-0.15, -0.1) is 11.6 Å². The van der Waals surface area contributed by atoms with Gasteiger partial charge in [0.15, 0.2) is 5.84 Å². The van der Waals surface area contributed by atoms with Crippen molar-refractivity contribution in [1.82, 2.24) is 10.4 Å². The number of ether oxygens (including phenoxy) is 1. The van der Waals surface area contributed by atoms with Crippen LogP contribution in [0.4, 0.5) is 0 Å². The highest BCUT2D eigenvalue weighted by Crippen LogP contribution is 2.08. The third-order valence-corrected chi connectivity index (χ3v) is 1.66. The molecule has 0 spiro atoms. The molecule has 0 aromatic heterocycles. The molecule has 0 fully saturated rings. The zero-order valence-corrected chi connectivity index (χ0v) is 10.2. The van der Waals surface area contributed by atoms with E-state index in [4.69, 9.17) is 22.2 Å². The van der Waals surface area contributed by atoms with E-state index in [2.05, 4.69) is 10.5 Å². The first-order chi connectivity index (χ1) is 6.80. The number of aliphatic hydroxyl groups excluding tert-OH is 1. The summed E-state index contributed by atoms with van der Waals surface area (Å²) in [6.07, 6.45) is -1.14. The average molecular weight is 239 g/mol. The highest BCUT2D eigenvalue weighted by molar-refractivity contribution is 6.28. The molecular weight excluding hydrogens is 220 g/mol. The van der Waals surface area contributed by atoms with E-state index in [1.807, 2.05) is 20.8 Å². The van der Waals surface area contributed by atoms with Crippen LogP contribution in [0.25, 0.3) is 0 Å². The molecular formula is C8H19ClN4O2. The lowest BCUT2D eigenvalue weighted by atomic mass is 10.2. The molecule has 0 aliphatic carbocycles. The molecule has 0 saturated heterocycles. The SMILES string of the molecule is CN(NC(O)OC(C)(C)C)/C(CCl)=N/N. The molecule has 0 aromatic carbocycles. The monoisotopic (exact) mass is 238 g/mol. The topological polar surface area (TPSA) is 83.1 Å². The van der Waals surface area contributed by atoms with Crippen LogP contribution in [0.1, 0.15) is 20.8 Å². The van der Waals surface area contributed by atoms with Gasteiger partial charge in [-0.05, 0) is 20.8 Å². The van der Waals surface area contributed by atoms with Crippen LogP contribution in [0.2, 0.25) is 0 Å². The van der Waals surface area contributed by atoms with Crippen LogP contribution in [0.5, 0.6) is 0 Å². The Balaban J connectivity index is 4.12. The van der Waals surface area contributed by atoms with E-state index in [1.165, 1.54) is 5.01 Å². The fourth-order valence-corrected chi connectivity index (χ4v) is 1.06. The van der Waals surface area contributed by atoms with E-state index < -0.39 is 12.0 Å². The Morgan fingerprint density at radius 3 is 2.53 bits per heavy atom. The molecule has 0 aromatic rings. The quantitative estimate of drug-likeness (QED) is 0.161. The summed E-state index contributed by atoms with van der Waals surface area (Å²) in [5.41, 5.74) is 2.16. The number of rotatable bonds is 4. The first kappa shape index (κ1) is 14.4. The van der Waals surface area contributed by atoms with Crippen LogP contribution in [-0.4, -0.2) is 40.9 Å². The van der Waals surface area contributed by atoms with Crippen molar-refractivity contribution in [2.75, 3.05) is 12.9 Å². The minimum atomic E-state index is -1.14. The number of nitrogens with one attached hydrogen (secondary N) is 1. The molecule has 0 saturated carbocycles. The summed E-state index contributed by atoms with van der Waals surface area (Å²) < 4.78 is 5.21. The maximum Gasteiger partial charge on any atom is 0.231 e. The van der Waals surface area contributed by atoms with E-state index in [9.17, 15) is 5.11 Å². The van der Waals surface area contributed by atoms with Gasteiger partial charge < -0.3 is 15.7 Å². The highest BCUT2D eigenvalue weighted by Gasteiger charge is 2.18. The first-order valence-electron chi connectivity index (χ1n) is 4.48. The average Bonchev–Trinajstić information content (AvgIpc) is 2.02. The summed E-state index contributed by atoms with van der Waals surface area (Å²) in [4.78, 5) is 0. The van der Waals surface area contributed by atoms with Crippen LogP contribution >= 0.6 is 11.6 Å². The molecule has 4 N–H and O–H groups in total. The lowest BCUT2D eigenvalue weighted by Crippen LogP contribution is -2.49. The first-order valence-corrected chi connectivity index (χ1v) is 5.02. The standard InChI is InChI=1S/C8H19ClN4O2/c1-8(2,3)15-7(14)12-13(4)6(5-9)11-10/h7,12,14H,5,10H2,1-4H3/b11-6+. The molecule has 1 atom stereocenters.